The Hall–Kier alpha value is -1.51. The standard InChI is InChI=1S/C20H26ClNO/c1-20(2,3)11-6-5-7-12-22(4)15-16-10-13-23-19-9-8-17(21)14-18(16)19/h5-11,14H,12-13,15H2,1-4H3/b7-5+,11-6+. The van der Waals surface area contributed by atoms with Crippen LogP contribution >= 0.6 is 11.6 Å². The third-order valence-corrected chi connectivity index (χ3v) is 3.79. The number of nitrogens with zero attached hydrogens (tertiary/aromatic N) is 1. The van der Waals surface area contributed by atoms with Crippen molar-refractivity contribution in [3.05, 3.63) is 59.2 Å². The molecule has 2 rings (SSSR count). The number of allylic oxidation sites excluding steroid dienone is 3. The molecule has 0 bridgehead atoms. The molecule has 1 aromatic carbocycles. The lowest BCUT2D eigenvalue weighted by Crippen LogP contribution is -2.22. The van der Waals surface area contributed by atoms with E-state index in [1.807, 2.05) is 18.2 Å². The van der Waals surface area contributed by atoms with Crippen LogP contribution in [0.2, 0.25) is 5.02 Å². The third kappa shape index (κ3) is 5.89. The molecule has 124 valence electrons. The van der Waals surface area contributed by atoms with Crippen LogP contribution in [0, 0.1) is 5.41 Å². The zero-order valence-electron chi connectivity index (χ0n) is 14.5. The molecule has 1 aliphatic rings. The summed E-state index contributed by atoms with van der Waals surface area (Å²) in [4.78, 5) is 2.28. The van der Waals surface area contributed by atoms with Crippen LogP contribution in [0.15, 0.2) is 48.6 Å². The van der Waals surface area contributed by atoms with E-state index in [1.54, 1.807) is 0 Å². The Balaban J connectivity index is 1.93. The largest absolute Gasteiger partial charge is 0.489 e. The average molecular weight is 332 g/mol. The van der Waals surface area contributed by atoms with E-state index in [1.165, 1.54) is 5.57 Å². The van der Waals surface area contributed by atoms with Crippen LogP contribution in [-0.4, -0.2) is 31.6 Å². The Morgan fingerprint density at radius 2 is 2.04 bits per heavy atom. The number of hydrogen-bond acceptors (Lipinski definition) is 2. The summed E-state index contributed by atoms with van der Waals surface area (Å²) in [7, 11) is 2.12. The van der Waals surface area contributed by atoms with Crippen LogP contribution in [0.5, 0.6) is 5.75 Å². The van der Waals surface area contributed by atoms with Gasteiger partial charge < -0.3 is 4.74 Å². The highest BCUT2D eigenvalue weighted by Gasteiger charge is 2.15. The lowest BCUT2D eigenvalue weighted by molar-refractivity contribution is 0.352. The minimum Gasteiger partial charge on any atom is -0.489 e. The van der Waals surface area contributed by atoms with E-state index in [-0.39, 0.29) is 5.41 Å². The van der Waals surface area contributed by atoms with Crippen molar-refractivity contribution in [2.75, 3.05) is 26.7 Å². The van der Waals surface area contributed by atoms with E-state index in [0.717, 1.165) is 29.4 Å². The van der Waals surface area contributed by atoms with Gasteiger partial charge in [-0.05, 0) is 42.3 Å². The second kappa shape index (κ2) is 7.85. The number of likely N-dealkylation sites (N-methyl/N-ethyl adjacent to an activating group) is 1. The Labute approximate surface area is 145 Å². The Kier molecular flexibility index (Phi) is 6.09. The molecule has 0 aliphatic carbocycles. The molecule has 1 aromatic rings. The average Bonchev–Trinajstić information content (AvgIpc) is 2.46. The molecule has 0 spiro atoms. The van der Waals surface area contributed by atoms with E-state index in [4.69, 9.17) is 16.3 Å². The van der Waals surface area contributed by atoms with E-state index in [9.17, 15) is 0 Å². The first-order chi connectivity index (χ1) is 10.8. The quantitative estimate of drug-likeness (QED) is 0.687. The van der Waals surface area contributed by atoms with Gasteiger partial charge in [-0.25, -0.2) is 0 Å². The number of hydrogen-bond donors (Lipinski definition) is 0. The molecule has 1 aliphatic heterocycles. The van der Waals surface area contributed by atoms with Gasteiger partial charge in [0.25, 0.3) is 0 Å². The van der Waals surface area contributed by atoms with E-state index >= 15 is 0 Å². The van der Waals surface area contributed by atoms with Crippen molar-refractivity contribution >= 4 is 17.2 Å². The monoisotopic (exact) mass is 331 g/mol. The molecular formula is C20H26ClNO. The molecule has 0 fully saturated rings. The summed E-state index contributed by atoms with van der Waals surface area (Å²) in [6, 6.07) is 5.80. The molecule has 0 unspecified atom stereocenters. The fourth-order valence-electron chi connectivity index (χ4n) is 2.39. The van der Waals surface area contributed by atoms with Gasteiger partial charge in [0.1, 0.15) is 12.4 Å². The first kappa shape index (κ1) is 17.8. The Morgan fingerprint density at radius 1 is 1.26 bits per heavy atom. The molecule has 0 N–H and O–H groups in total. The van der Waals surface area contributed by atoms with Gasteiger partial charge in [-0.3, -0.25) is 4.90 Å². The van der Waals surface area contributed by atoms with Crippen molar-refractivity contribution in [1.29, 1.82) is 0 Å². The first-order valence-electron chi connectivity index (χ1n) is 8.00. The predicted molar refractivity (Wildman–Crippen MR) is 100 cm³/mol. The number of halogens is 1. The number of ether oxygens (including phenoxy) is 1. The minimum absolute atomic E-state index is 0.228. The third-order valence-electron chi connectivity index (χ3n) is 3.56. The zero-order chi connectivity index (χ0) is 16.9. The predicted octanol–water partition coefficient (Wildman–Crippen LogP) is 5.21. The molecule has 0 atom stereocenters. The summed E-state index contributed by atoms with van der Waals surface area (Å²) < 4.78 is 5.66. The second-order valence-electron chi connectivity index (χ2n) is 7.03. The molecule has 23 heavy (non-hydrogen) atoms. The molecule has 2 nitrogen and oxygen atoms in total. The van der Waals surface area contributed by atoms with Crippen molar-refractivity contribution < 1.29 is 4.74 Å². The highest BCUT2D eigenvalue weighted by Crippen LogP contribution is 2.32. The Bertz CT molecular complexity index is 623. The van der Waals surface area contributed by atoms with Gasteiger partial charge in [0.05, 0.1) is 0 Å². The summed E-state index contributed by atoms with van der Waals surface area (Å²) in [5.74, 6) is 0.920. The maximum absolute atomic E-state index is 6.12. The van der Waals surface area contributed by atoms with Gasteiger partial charge in [-0.15, -0.1) is 0 Å². The summed E-state index contributed by atoms with van der Waals surface area (Å²) >= 11 is 6.12. The number of rotatable bonds is 5. The van der Waals surface area contributed by atoms with Crippen LogP contribution in [-0.2, 0) is 0 Å². The molecule has 0 amide bonds. The normalized spacial score (nSPS) is 15.1. The second-order valence-corrected chi connectivity index (χ2v) is 7.47. The SMILES string of the molecule is CN(C/C=C/C=C/C(C)(C)C)CC1=CCOc2ccc(Cl)cc21. The van der Waals surface area contributed by atoms with Gasteiger partial charge in [0.15, 0.2) is 0 Å². The van der Waals surface area contributed by atoms with Crippen LogP contribution in [0.1, 0.15) is 26.3 Å². The summed E-state index contributed by atoms with van der Waals surface area (Å²) in [6.45, 7) is 9.01. The Morgan fingerprint density at radius 3 is 2.78 bits per heavy atom. The molecule has 1 heterocycles. The molecule has 0 aromatic heterocycles. The summed E-state index contributed by atoms with van der Waals surface area (Å²) in [5, 5.41) is 0.745. The van der Waals surface area contributed by atoms with Crippen molar-refractivity contribution in [2.24, 2.45) is 5.41 Å². The number of benzene rings is 1. The highest BCUT2D eigenvalue weighted by atomic mass is 35.5. The molecule has 3 heteroatoms. The summed E-state index contributed by atoms with van der Waals surface area (Å²) in [6.07, 6.45) is 10.8. The van der Waals surface area contributed by atoms with Crippen molar-refractivity contribution in [3.63, 3.8) is 0 Å². The fraction of sp³-hybridized carbons (Fsp3) is 0.400. The van der Waals surface area contributed by atoms with Gasteiger partial charge >= 0.3 is 0 Å². The van der Waals surface area contributed by atoms with Crippen molar-refractivity contribution in [2.45, 2.75) is 20.8 Å². The topological polar surface area (TPSA) is 12.5 Å². The van der Waals surface area contributed by atoms with E-state index < -0.39 is 0 Å². The van der Waals surface area contributed by atoms with Crippen LogP contribution < -0.4 is 4.74 Å². The van der Waals surface area contributed by atoms with E-state index in [2.05, 4.69) is 63.1 Å². The van der Waals surface area contributed by atoms with Crippen molar-refractivity contribution in [3.8, 4) is 5.75 Å². The molecule has 0 saturated heterocycles. The minimum atomic E-state index is 0.228. The molecule has 0 radical (unpaired) electrons. The fourth-order valence-corrected chi connectivity index (χ4v) is 2.56. The van der Waals surface area contributed by atoms with Crippen LogP contribution in [0.25, 0.3) is 5.57 Å². The van der Waals surface area contributed by atoms with Crippen molar-refractivity contribution in [1.82, 2.24) is 4.90 Å². The lowest BCUT2D eigenvalue weighted by Gasteiger charge is -2.23. The van der Waals surface area contributed by atoms with Gasteiger partial charge in [0.2, 0.25) is 0 Å². The number of fused-ring (bicyclic) bond motifs is 1. The van der Waals surface area contributed by atoms with Gasteiger partial charge in [0, 0.05) is 23.7 Å². The highest BCUT2D eigenvalue weighted by molar-refractivity contribution is 6.30. The van der Waals surface area contributed by atoms with Gasteiger partial charge in [-0.1, -0.05) is 56.7 Å². The van der Waals surface area contributed by atoms with Crippen LogP contribution in [0.3, 0.4) is 0 Å². The van der Waals surface area contributed by atoms with Gasteiger partial charge in [-0.2, -0.15) is 0 Å². The smallest absolute Gasteiger partial charge is 0.127 e. The van der Waals surface area contributed by atoms with Crippen LogP contribution in [0.4, 0.5) is 0 Å². The van der Waals surface area contributed by atoms with E-state index in [0.29, 0.717) is 6.61 Å². The maximum atomic E-state index is 6.12. The zero-order valence-corrected chi connectivity index (χ0v) is 15.2. The summed E-state index contributed by atoms with van der Waals surface area (Å²) in [5.41, 5.74) is 2.61. The lowest BCUT2D eigenvalue weighted by atomic mass is 9.96. The molecule has 0 saturated carbocycles. The maximum Gasteiger partial charge on any atom is 0.127 e. The first-order valence-corrected chi connectivity index (χ1v) is 8.37. The molecular weight excluding hydrogens is 306 g/mol.